The Morgan fingerprint density at radius 3 is 2.62 bits per heavy atom. The second-order valence-electron chi connectivity index (χ2n) is 4.20. The molecule has 2 fully saturated rings. The Morgan fingerprint density at radius 2 is 2.06 bits per heavy atom. The Balaban J connectivity index is 1.88. The molecule has 2 aliphatic heterocycles. The third kappa shape index (κ3) is 1.55. The van der Waals surface area contributed by atoms with Gasteiger partial charge in [-0.2, -0.15) is 9.40 Å². The minimum Gasteiger partial charge on any atom is -0.372 e. The Hall–Kier alpha value is -0.920. The number of morpholine rings is 1. The first-order valence-corrected chi connectivity index (χ1v) is 6.75. The zero-order valence-corrected chi connectivity index (χ0v) is 9.48. The summed E-state index contributed by atoms with van der Waals surface area (Å²) in [5.74, 6) is 0. The highest BCUT2D eigenvalue weighted by Gasteiger charge is 2.39. The molecule has 1 aromatic heterocycles. The van der Waals surface area contributed by atoms with Gasteiger partial charge in [0.15, 0.2) is 5.03 Å². The van der Waals surface area contributed by atoms with Crippen LogP contribution in [0.15, 0.2) is 17.3 Å². The molecule has 1 aromatic rings. The predicted molar refractivity (Wildman–Crippen MR) is 55.2 cm³/mol. The van der Waals surface area contributed by atoms with Crippen molar-refractivity contribution in [3.63, 3.8) is 0 Å². The molecule has 0 saturated carbocycles. The molecule has 0 aromatic carbocycles. The maximum absolute atomic E-state index is 12.2. The summed E-state index contributed by atoms with van der Waals surface area (Å²) in [4.78, 5) is 0. The molecule has 2 aliphatic rings. The minimum absolute atomic E-state index is 0.0662. The van der Waals surface area contributed by atoms with Crippen LogP contribution in [0, 0.1) is 0 Å². The van der Waals surface area contributed by atoms with Gasteiger partial charge in [-0.3, -0.25) is 5.10 Å². The molecule has 0 spiro atoms. The SMILES string of the molecule is O=S(=O)(c1ccn[nH]1)N1CC2CCC(C1)O2. The van der Waals surface area contributed by atoms with Gasteiger partial charge in [0.05, 0.1) is 18.4 Å². The number of nitrogens with one attached hydrogen (secondary N) is 1. The average Bonchev–Trinajstić information content (AvgIpc) is 2.88. The second kappa shape index (κ2) is 3.54. The molecule has 0 radical (unpaired) electrons. The van der Waals surface area contributed by atoms with Crippen molar-refractivity contribution in [1.29, 1.82) is 0 Å². The summed E-state index contributed by atoms with van der Waals surface area (Å²) in [7, 11) is -3.41. The van der Waals surface area contributed by atoms with Gasteiger partial charge in [-0.05, 0) is 18.9 Å². The quantitative estimate of drug-likeness (QED) is 0.791. The number of fused-ring (bicyclic) bond motifs is 2. The van der Waals surface area contributed by atoms with Crippen molar-refractivity contribution in [3.05, 3.63) is 12.3 Å². The molecule has 2 unspecified atom stereocenters. The van der Waals surface area contributed by atoms with Crippen LogP contribution in [-0.2, 0) is 14.8 Å². The van der Waals surface area contributed by atoms with Gasteiger partial charge < -0.3 is 4.74 Å². The summed E-state index contributed by atoms with van der Waals surface area (Å²) in [5, 5.41) is 6.34. The lowest BCUT2D eigenvalue weighted by Gasteiger charge is -2.30. The highest BCUT2D eigenvalue weighted by atomic mass is 32.2. The maximum atomic E-state index is 12.2. The Bertz CT molecular complexity index is 458. The van der Waals surface area contributed by atoms with Crippen LogP contribution in [0.4, 0.5) is 0 Å². The lowest BCUT2D eigenvalue weighted by atomic mass is 10.2. The highest BCUT2D eigenvalue weighted by Crippen LogP contribution is 2.29. The van der Waals surface area contributed by atoms with E-state index in [9.17, 15) is 8.42 Å². The molecule has 2 atom stereocenters. The molecule has 7 heteroatoms. The van der Waals surface area contributed by atoms with E-state index in [1.54, 1.807) is 0 Å². The van der Waals surface area contributed by atoms with E-state index in [4.69, 9.17) is 4.74 Å². The van der Waals surface area contributed by atoms with Gasteiger partial charge in [0, 0.05) is 13.1 Å². The number of hydrogen-bond acceptors (Lipinski definition) is 4. The molecular formula is C9H13N3O3S. The molecule has 3 rings (SSSR count). The molecule has 0 aliphatic carbocycles. The number of ether oxygens (including phenoxy) is 1. The number of hydrogen-bond donors (Lipinski definition) is 1. The summed E-state index contributed by atoms with van der Waals surface area (Å²) >= 11 is 0. The third-order valence-electron chi connectivity index (χ3n) is 3.10. The van der Waals surface area contributed by atoms with Gasteiger partial charge >= 0.3 is 0 Å². The van der Waals surface area contributed by atoms with Gasteiger partial charge in [0.1, 0.15) is 0 Å². The molecular weight excluding hydrogens is 230 g/mol. The van der Waals surface area contributed by atoms with Gasteiger partial charge in [-0.15, -0.1) is 0 Å². The second-order valence-corrected chi connectivity index (χ2v) is 6.11. The number of sulfonamides is 1. The van der Waals surface area contributed by atoms with E-state index in [0.29, 0.717) is 13.1 Å². The summed E-state index contributed by atoms with van der Waals surface area (Å²) < 4.78 is 31.4. The lowest BCUT2D eigenvalue weighted by Crippen LogP contribution is -2.45. The normalized spacial score (nSPS) is 30.8. The summed E-state index contributed by atoms with van der Waals surface area (Å²) in [6.45, 7) is 0.912. The number of H-pyrrole nitrogens is 1. The summed E-state index contributed by atoms with van der Waals surface area (Å²) in [6, 6.07) is 1.48. The monoisotopic (exact) mass is 243 g/mol. The fourth-order valence-corrected chi connectivity index (χ4v) is 3.70. The molecule has 16 heavy (non-hydrogen) atoms. The lowest BCUT2D eigenvalue weighted by molar-refractivity contribution is -0.0115. The number of nitrogens with zero attached hydrogens (tertiary/aromatic N) is 2. The fourth-order valence-electron chi connectivity index (χ4n) is 2.30. The standard InChI is InChI=1S/C9H13N3O3S/c13-16(14,9-3-4-10-11-9)12-5-7-1-2-8(6-12)15-7/h3-4,7-8H,1-2,5-6H2,(H,10,11). The summed E-state index contributed by atoms with van der Waals surface area (Å²) in [5.41, 5.74) is 0. The van der Waals surface area contributed by atoms with E-state index in [1.807, 2.05) is 0 Å². The van der Waals surface area contributed by atoms with Crippen molar-refractivity contribution in [2.75, 3.05) is 13.1 Å². The predicted octanol–water partition coefficient (Wildman–Crippen LogP) is -0.0384. The Labute approximate surface area is 93.6 Å². The van der Waals surface area contributed by atoms with Crippen LogP contribution in [0.1, 0.15) is 12.8 Å². The first-order valence-electron chi connectivity index (χ1n) is 5.31. The van der Waals surface area contributed by atoms with E-state index >= 15 is 0 Å². The largest absolute Gasteiger partial charge is 0.372 e. The van der Waals surface area contributed by atoms with E-state index < -0.39 is 10.0 Å². The third-order valence-corrected chi connectivity index (χ3v) is 4.86. The van der Waals surface area contributed by atoms with E-state index in [2.05, 4.69) is 10.2 Å². The van der Waals surface area contributed by atoms with Crippen LogP contribution in [0.2, 0.25) is 0 Å². The Morgan fingerprint density at radius 1 is 1.38 bits per heavy atom. The first-order chi connectivity index (χ1) is 7.66. The number of aromatic amines is 1. The van der Waals surface area contributed by atoms with Crippen LogP contribution in [0.25, 0.3) is 0 Å². The molecule has 1 N–H and O–H groups in total. The maximum Gasteiger partial charge on any atom is 0.260 e. The van der Waals surface area contributed by atoms with Crippen LogP contribution >= 0.6 is 0 Å². The van der Waals surface area contributed by atoms with Gasteiger partial charge in [-0.1, -0.05) is 0 Å². The molecule has 0 amide bonds. The molecule has 88 valence electrons. The first kappa shape index (κ1) is 10.2. The summed E-state index contributed by atoms with van der Waals surface area (Å²) in [6.07, 6.45) is 3.49. The van der Waals surface area contributed by atoms with Crippen LogP contribution in [0.3, 0.4) is 0 Å². The van der Waals surface area contributed by atoms with Gasteiger partial charge in [-0.25, -0.2) is 8.42 Å². The molecule has 2 bridgehead atoms. The zero-order chi connectivity index (χ0) is 11.2. The average molecular weight is 243 g/mol. The Kier molecular flexibility index (Phi) is 2.27. The minimum atomic E-state index is -3.41. The van der Waals surface area contributed by atoms with Gasteiger partial charge in [0.2, 0.25) is 0 Å². The van der Waals surface area contributed by atoms with Crippen molar-refractivity contribution < 1.29 is 13.2 Å². The molecule has 6 nitrogen and oxygen atoms in total. The van der Waals surface area contributed by atoms with Crippen molar-refractivity contribution in [1.82, 2.24) is 14.5 Å². The van der Waals surface area contributed by atoms with E-state index in [1.165, 1.54) is 16.6 Å². The number of aromatic nitrogens is 2. The van der Waals surface area contributed by atoms with Gasteiger partial charge in [0.25, 0.3) is 10.0 Å². The molecule has 2 saturated heterocycles. The van der Waals surface area contributed by atoms with Crippen molar-refractivity contribution in [3.8, 4) is 0 Å². The van der Waals surface area contributed by atoms with Crippen LogP contribution < -0.4 is 0 Å². The topological polar surface area (TPSA) is 75.3 Å². The van der Waals surface area contributed by atoms with Crippen LogP contribution in [-0.4, -0.2) is 48.2 Å². The smallest absolute Gasteiger partial charge is 0.260 e. The van der Waals surface area contributed by atoms with E-state index in [0.717, 1.165) is 12.8 Å². The number of rotatable bonds is 2. The zero-order valence-electron chi connectivity index (χ0n) is 8.67. The van der Waals surface area contributed by atoms with Crippen molar-refractivity contribution >= 4 is 10.0 Å². The van der Waals surface area contributed by atoms with Crippen molar-refractivity contribution in [2.45, 2.75) is 30.1 Å². The fraction of sp³-hybridized carbons (Fsp3) is 0.667. The van der Waals surface area contributed by atoms with Crippen molar-refractivity contribution in [2.24, 2.45) is 0 Å². The molecule has 3 heterocycles. The van der Waals surface area contributed by atoms with Crippen LogP contribution in [0.5, 0.6) is 0 Å². The van der Waals surface area contributed by atoms with E-state index in [-0.39, 0.29) is 17.2 Å². The highest BCUT2D eigenvalue weighted by molar-refractivity contribution is 7.89.